The molecule has 1 saturated carbocycles. The fourth-order valence-corrected chi connectivity index (χ4v) is 4.27. The first-order valence-electron chi connectivity index (χ1n) is 7.52. The van der Waals surface area contributed by atoms with Gasteiger partial charge in [0.1, 0.15) is 17.0 Å². The summed E-state index contributed by atoms with van der Waals surface area (Å²) in [6, 6.07) is 5.23. The van der Waals surface area contributed by atoms with Crippen LogP contribution >= 0.6 is 0 Å². The van der Waals surface area contributed by atoms with Crippen molar-refractivity contribution in [3.05, 3.63) is 47.2 Å². The van der Waals surface area contributed by atoms with Gasteiger partial charge in [-0.3, -0.25) is 4.79 Å². The average Bonchev–Trinajstić information content (AvgIpc) is 2.97. The first-order chi connectivity index (χ1) is 11.0. The molecule has 2 aromatic rings. The Morgan fingerprint density at radius 2 is 2.00 bits per heavy atom. The zero-order valence-electron chi connectivity index (χ0n) is 12.4. The van der Waals surface area contributed by atoms with Crippen molar-refractivity contribution in [2.75, 3.05) is 0 Å². The number of carboxylic acid groups (broad SMARTS) is 1. The minimum atomic E-state index is -1.01. The van der Waals surface area contributed by atoms with Crippen LogP contribution in [-0.2, 0) is 10.2 Å². The van der Waals surface area contributed by atoms with Crippen LogP contribution in [0.4, 0.5) is 8.78 Å². The number of aromatic nitrogens is 2. The Hall–Kier alpha value is -2.37. The number of hydrogen-bond acceptors (Lipinski definition) is 3. The first-order valence-corrected chi connectivity index (χ1v) is 7.52. The molecule has 6 heteroatoms. The third-order valence-electron chi connectivity index (χ3n) is 5.48. The van der Waals surface area contributed by atoms with E-state index in [4.69, 9.17) is 0 Å². The van der Waals surface area contributed by atoms with Gasteiger partial charge in [0.25, 0.3) is 0 Å². The zero-order chi connectivity index (χ0) is 16.4. The monoisotopic (exact) mass is 316 g/mol. The van der Waals surface area contributed by atoms with Gasteiger partial charge in [-0.2, -0.15) is 5.10 Å². The minimum Gasteiger partial charge on any atom is -0.481 e. The van der Waals surface area contributed by atoms with Gasteiger partial charge < -0.3 is 5.11 Å². The Morgan fingerprint density at radius 1 is 1.30 bits per heavy atom. The lowest BCUT2D eigenvalue weighted by atomic mass is 9.79. The third kappa shape index (κ3) is 1.66. The molecule has 0 amide bonds. The van der Waals surface area contributed by atoms with Gasteiger partial charge in [0.2, 0.25) is 0 Å². The van der Waals surface area contributed by atoms with Crippen LogP contribution in [0.1, 0.15) is 36.9 Å². The second kappa shape index (κ2) is 4.57. The maximum Gasteiger partial charge on any atom is 0.316 e. The summed E-state index contributed by atoms with van der Waals surface area (Å²) in [5, 5.41) is 17.7. The molecule has 1 N–H and O–H groups in total. The molecule has 1 aromatic carbocycles. The molecule has 3 atom stereocenters. The highest BCUT2D eigenvalue weighted by molar-refractivity contribution is 5.84. The first kappa shape index (κ1) is 14.2. The van der Waals surface area contributed by atoms with Crippen LogP contribution in [0.15, 0.2) is 24.3 Å². The van der Waals surface area contributed by atoms with Gasteiger partial charge in [0.05, 0.1) is 17.0 Å². The number of benzene rings is 1. The number of aliphatic carboxylic acids is 1. The van der Waals surface area contributed by atoms with Crippen LogP contribution < -0.4 is 0 Å². The van der Waals surface area contributed by atoms with Gasteiger partial charge in [0.15, 0.2) is 0 Å². The number of nitrogens with zero attached hydrogens (tertiary/aromatic N) is 2. The SMILES string of the molecule is CC1C2CCC1(C(=O)O)c1nnc(-c3c(F)cccc3F)cc12. The smallest absolute Gasteiger partial charge is 0.316 e. The maximum absolute atomic E-state index is 14.0. The lowest BCUT2D eigenvalue weighted by Crippen LogP contribution is -2.37. The topological polar surface area (TPSA) is 63.1 Å². The van der Waals surface area contributed by atoms with E-state index in [1.54, 1.807) is 6.07 Å². The predicted octanol–water partition coefficient (Wildman–Crippen LogP) is 3.27. The molecule has 0 aliphatic heterocycles. The third-order valence-corrected chi connectivity index (χ3v) is 5.48. The van der Waals surface area contributed by atoms with Crippen molar-refractivity contribution in [2.45, 2.75) is 31.1 Å². The Bertz CT molecular complexity index is 819. The Labute approximate surface area is 131 Å². The highest BCUT2D eigenvalue weighted by Gasteiger charge is 2.61. The van der Waals surface area contributed by atoms with Gasteiger partial charge in [0, 0.05) is 0 Å². The molecule has 118 valence electrons. The normalized spacial score (nSPS) is 28.0. The van der Waals surface area contributed by atoms with E-state index >= 15 is 0 Å². The largest absolute Gasteiger partial charge is 0.481 e. The summed E-state index contributed by atoms with van der Waals surface area (Å²) >= 11 is 0. The van der Waals surface area contributed by atoms with Crippen molar-refractivity contribution in [2.24, 2.45) is 5.92 Å². The van der Waals surface area contributed by atoms with E-state index in [1.165, 1.54) is 18.2 Å². The van der Waals surface area contributed by atoms with Gasteiger partial charge >= 0.3 is 5.97 Å². The quantitative estimate of drug-likeness (QED) is 0.923. The van der Waals surface area contributed by atoms with E-state index in [2.05, 4.69) is 10.2 Å². The van der Waals surface area contributed by atoms with Crippen LogP contribution in [0.2, 0.25) is 0 Å². The van der Waals surface area contributed by atoms with Crippen LogP contribution in [0.25, 0.3) is 11.3 Å². The summed E-state index contributed by atoms with van der Waals surface area (Å²) in [6.45, 7) is 1.90. The second-order valence-corrected chi connectivity index (χ2v) is 6.34. The Balaban J connectivity index is 1.91. The van der Waals surface area contributed by atoms with Gasteiger partial charge in [-0.1, -0.05) is 13.0 Å². The molecule has 0 spiro atoms. The molecule has 0 saturated heterocycles. The fourth-order valence-electron chi connectivity index (χ4n) is 4.27. The predicted molar refractivity (Wildman–Crippen MR) is 77.8 cm³/mol. The molecule has 2 aliphatic rings. The maximum atomic E-state index is 14.0. The van der Waals surface area contributed by atoms with Gasteiger partial charge in [-0.05, 0) is 48.4 Å². The lowest BCUT2D eigenvalue weighted by Gasteiger charge is -2.24. The standard InChI is InChI=1S/C17H14F2N2O2/c1-8-9-5-6-17(8,16(22)23)15-10(9)7-13(20-21-15)14-11(18)3-2-4-12(14)19/h2-4,7-9H,5-6H2,1H3,(H,22,23). The molecule has 0 radical (unpaired) electrons. The zero-order valence-corrected chi connectivity index (χ0v) is 12.4. The van der Waals surface area contributed by atoms with Crippen molar-refractivity contribution in [1.82, 2.24) is 10.2 Å². The number of halogens is 2. The Morgan fingerprint density at radius 3 is 2.65 bits per heavy atom. The molecule has 1 heterocycles. The van der Waals surface area contributed by atoms with Crippen molar-refractivity contribution >= 4 is 5.97 Å². The van der Waals surface area contributed by atoms with E-state index < -0.39 is 23.0 Å². The summed E-state index contributed by atoms with van der Waals surface area (Å²) in [4.78, 5) is 11.8. The van der Waals surface area contributed by atoms with Crippen LogP contribution in [0, 0.1) is 17.6 Å². The number of hydrogen-bond donors (Lipinski definition) is 1. The van der Waals surface area contributed by atoms with E-state index in [0.29, 0.717) is 12.1 Å². The molecule has 2 bridgehead atoms. The molecule has 3 unspecified atom stereocenters. The summed E-state index contributed by atoms with van der Waals surface area (Å²) in [5.74, 6) is -2.35. The van der Waals surface area contributed by atoms with Gasteiger partial charge in [-0.15, -0.1) is 5.10 Å². The number of fused-ring (bicyclic) bond motifs is 5. The van der Waals surface area contributed by atoms with Crippen LogP contribution in [0.3, 0.4) is 0 Å². The van der Waals surface area contributed by atoms with Crippen LogP contribution in [0.5, 0.6) is 0 Å². The molecular weight excluding hydrogens is 302 g/mol. The molecular formula is C17H14F2N2O2. The molecule has 4 rings (SSSR count). The average molecular weight is 316 g/mol. The second-order valence-electron chi connectivity index (χ2n) is 6.34. The highest BCUT2D eigenvalue weighted by atomic mass is 19.1. The molecule has 23 heavy (non-hydrogen) atoms. The van der Waals surface area contributed by atoms with E-state index in [1.807, 2.05) is 6.92 Å². The summed E-state index contributed by atoms with van der Waals surface area (Å²) in [5.41, 5.74) is 0.0922. The summed E-state index contributed by atoms with van der Waals surface area (Å²) in [6.07, 6.45) is 1.27. The van der Waals surface area contributed by atoms with Crippen LogP contribution in [-0.4, -0.2) is 21.3 Å². The number of carboxylic acids is 1. The highest BCUT2D eigenvalue weighted by Crippen LogP contribution is 2.60. The fraction of sp³-hybridized carbons (Fsp3) is 0.353. The summed E-state index contributed by atoms with van der Waals surface area (Å²) < 4.78 is 27.9. The summed E-state index contributed by atoms with van der Waals surface area (Å²) in [7, 11) is 0. The van der Waals surface area contributed by atoms with Crippen molar-refractivity contribution in [3.63, 3.8) is 0 Å². The molecule has 1 fully saturated rings. The lowest BCUT2D eigenvalue weighted by molar-refractivity contribution is -0.145. The van der Waals surface area contributed by atoms with Crippen molar-refractivity contribution in [1.29, 1.82) is 0 Å². The molecule has 4 nitrogen and oxygen atoms in total. The van der Waals surface area contributed by atoms with E-state index in [9.17, 15) is 18.7 Å². The number of carbonyl (C=O) groups is 1. The number of rotatable bonds is 2. The minimum absolute atomic E-state index is 0.0465. The van der Waals surface area contributed by atoms with Crippen molar-refractivity contribution < 1.29 is 18.7 Å². The van der Waals surface area contributed by atoms with E-state index in [-0.39, 0.29) is 23.1 Å². The molecule has 2 aliphatic carbocycles. The Kier molecular flexibility index (Phi) is 2.83. The van der Waals surface area contributed by atoms with Gasteiger partial charge in [-0.25, -0.2) is 8.78 Å². The van der Waals surface area contributed by atoms with Crippen molar-refractivity contribution in [3.8, 4) is 11.3 Å². The van der Waals surface area contributed by atoms with E-state index in [0.717, 1.165) is 12.0 Å². The molecule has 1 aromatic heterocycles.